The molecule has 6 heteroatoms. The van der Waals surface area contributed by atoms with E-state index in [1.165, 1.54) is 22.7 Å². The molecular weight excluding hydrogens is 333 g/mol. The Balaban J connectivity index is 1.50. The number of pyridine rings is 1. The number of aromatic nitrogens is 2. The number of hydrogen-bond acceptors (Lipinski definition) is 3. The fraction of sp³-hybridized carbons (Fsp3) is 0.250. The van der Waals surface area contributed by atoms with Gasteiger partial charge in [-0.2, -0.15) is 0 Å². The molecule has 3 heterocycles. The van der Waals surface area contributed by atoms with Crippen LogP contribution in [0.2, 0.25) is 0 Å². The fourth-order valence-electron chi connectivity index (χ4n) is 3.48. The first-order chi connectivity index (χ1) is 12.6. The summed E-state index contributed by atoms with van der Waals surface area (Å²) in [7, 11) is 0. The van der Waals surface area contributed by atoms with Gasteiger partial charge < -0.3 is 4.90 Å². The Bertz CT molecular complexity index is 1010. The van der Waals surface area contributed by atoms with Gasteiger partial charge in [0.05, 0.1) is 0 Å². The van der Waals surface area contributed by atoms with Crippen LogP contribution < -0.4 is 5.56 Å². The monoisotopic (exact) mass is 351 g/mol. The second kappa shape index (κ2) is 6.71. The van der Waals surface area contributed by atoms with E-state index >= 15 is 0 Å². The molecule has 1 saturated heterocycles. The smallest absolute Gasteiger partial charge is 0.270 e. The lowest BCUT2D eigenvalue weighted by molar-refractivity contribution is 0.0784. The number of nitrogens with zero attached hydrogens (tertiary/aromatic N) is 3. The average molecular weight is 351 g/mol. The van der Waals surface area contributed by atoms with Crippen molar-refractivity contribution >= 4 is 11.6 Å². The van der Waals surface area contributed by atoms with Crippen molar-refractivity contribution in [1.82, 2.24) is 14.3 Å². The Kier molecular flexibility index (Phi) is 4.24. The Morgan fingerprint density at radius 1 is 1.19 bits per heavy atom. The van der Waals surface area contributed by atoms with Crippen LogP contribution in [0.5, 0.6) is 0 Å². The lowest BCUT2D eigenvalue weighted by Crippen LogP contribution is -2.34. The van der Waals surface area contributed by atoms with Crippen LogP contribution in [0.15, 0.2) is 59.7 Å². The topological polar surface area (TPSA) is 54.7 Å². The Labute approximate surface area is 149 Å². The van der Waals surface area contributed by atoms with Gasteiger partial charge in [-0.1, -0.05) is 18.2 Å². The Hall–Kier alpha value is -3.02. The van der Waals surface area contributed by atoms with Gasteiger partial charge in [-0.25, -0.2) is 9.37 Å². The van der Waals surface area contributed by atoms with E-state index in [9.17, 15) is 14.0 Å². The van der Waals surface area contributed by atoms with E-state index in [-0.39, 0.29) is 22.8 Å². The maximum Gasteiger partial charge on any atom is 0.270 e. The Morgan fingerprint density at radius 2 is 2.00 bits per heavy atom. The van der Waals surface area contributed by atoms with Crippen molar-refractivity contribution < 1.29 is 9.18 Å². The Morgan fingerprint density at radius 3 is 2.81 bits per heavy atom. The number of amides is 1. The molecule has 0 N–H and O–H groups in total. The van der Waals surface area contributed by atoms with Crippen molar-refractivity contribution in [3.05, 3.63) is 82.2 Å². The van der Waals surface area contributed by atoms with Crippen molar-refractivity contribution in [2.75, 3.05) is 13.1 Å². The van der Waals surface area contributed by atoms with E-state index in [1.54, 1.807) is 41.4 Å². The number of fused-ring (bicyclic) bond motifs is 1. The molecule has 0 bridgehead atoms. The van der Waals surface area contributed by atoms with Crippen LogP contribution in [0.4, 0.5) is 4.39 Å². The van der Waals surface area contributed by atoms with Gasteiger partial charge in [0, 0.05) is 25.5 Å². The van der Waals surface area contributed by atoms with Crippen LogP contribution in [-0.4, -0.2) is 33.3 Å². The van der Waals surface area contributed by atoms with Gasteiger partial charge in [-0.05, 0) is 48.6 Å². The van der Waals surface area contributed by atoms with E-state index in [1.807, 2.05) is 0 Å². The number of halogens is 1. The third kappa shape index (κ3) is 3.10. The summed E-state index contributed by atoms with van der Waals surface area (Å²) in [5.41, 5.74) is 1.32. The maximum absolute atomic E-state index is 13.0. The van der Waals surface area contributed by atoms with Gasteiger partial charge >= 0.3 is 0 Å². The molecule has 1 unspecified atom stereocenters. The van der Waals surface area contributed by atoms with Crippen molar-refractivity contribution in [3.63, 3.8) is 0 Å². The zero-order chi connectivity index (χ0) is 18.1. The highest BCUT2D eigenvalue weighted by molar-refractivity contribution is 5.94. The first-order valence-corrected chi connectivity index (χ1v) is 8.62. The second-order valence-electron chi connectivity index (χ2n) is 6.64. The van der Waals surface area contributed by atoms with Crippen molar-refractivity contribution in [2.24, 2.45) is 5.92 Å². The van der Waals surface area contributed by atoms with Gasteiger partial charge in [0.15, 0.2) is 0 Å². The molecule has 2 aromatic heterocycles. The molecule has 1 aliphatic heterocycles. The van der Waals surface area contributed by atoms with Gasteiger partial charge in [-0.15, -0.1) is 0 Å². The van der Waals surface area contributed by atoms with Crippen molar-refractivity contribution in [1.29, 1.82) is 0 Å². The van der Waals surface area contributed by atoms with Crippen LogP contribution in [0, 0.1) is 11.7 Å². The number of likely N-dealkylation sites (tertiary alicyclic amines) is 1. The lowest BCUT2D eigenvalue weighted by atomic mass is 9.99. The summed E-state index contributed by atoms with van der Waals surface area (Å²) < 4.78 is 14.4. The van der Waals surface area contributed by atoms with E-state index in [0.717, 1.165) is 18.4 Å². The van der Waals surface area contributed by atoms with Gasteiger partial charge in [0.2, 0.25) is 0 Å². The predicted octanol–water partition coefficient (Wildman–Crippen LogP) is 2.54. The van der Waals surface area contributed by atoms with Crippen LogP contribution in [0.1, 0.15) is 22.3 Å². The minimum Gasteiger partial charge on any atom is -0.338 e. The zero-order valence-corrected chi connectivity index (χ0v) is 14.1. The molecule has 3 aromatic rings. The second-order valence-corrected chi connectivity index (χ2v) is 6.64. The number of rotatable bonds is 3. The molecule has 4 rings (SSSR count). The predicted molar refractivity (Wildman–Crippen MR) is 95.6 cm³/mol. The molecule has 0 saturated carbocycles. The third-order valence-corrected chi connectivity index (χ3v) is 4.85. The van der Waals surface area contributed by atoms with Crippen LogP contribution in [-0.2, 0) is 6.42 Å². The molecule has 1 fully saturated rings. The lowest BCUT2D eigenvalue weighted by Gasteiger charge is -2.16. The highest BCUT2D eigenvalue weighted by atomic mass is 19.1. The molecule has 1 aliphatic rings. The highest BCUT2D eigenvalue weighted by Gasteiger charge is 2.28. The highest BCUT2D eigenvalue weighted by Crippen LogP contribution is 2.22. The summed E-state index contributed by atoms with van der Waals surface area (Å²) in [4.78, 5) is 31.3. The molecule has 0 radical (unpaired) electrons. The van der Waals surface area contributed by atoms with E-state index < -0.39 is 0 Å². The third-order valence-electron chi connectivity index (χ3n) is 4.85. The van der Waals surface area contributed by atoms with E-state index in [2.05, 4.69) is 4.98 Å². The average Bonchev–Trinajstić information content (AvgIpc) is 3.12. The number of carbonyl (C=O) groups excluding carboxylic acids is 1. The van der Waals surface area contributed by atoms with Crippen molar-refractivity contribution in [2.45, 2.75) is 12.8 Å². The standard InChI is InChI=1S/C20H18FN3O2/c21-16-6-4-14(5-7-16)11-15-8-10-23(13-15)19(25)17-12-22-18-3-1-2-9-24(18)20(17)26/h1-7,9,12,15H,8,10-11,13H2. The quantitative estimate of drug-likeness (QED) is 0.729. The molecule has 0 spiro atoms. The van der Waals surface area contributed by atoms with Gasteiger partial charge in [0.1, 0.15) is 17.0 Å². The minimum absolute atomic E-state index is 0.0936. The van der Waals surface area contributed by atoms with Gasteiger partial charge in [0.25, 0.3) is 11.5 Å². The molecule has 1 amide bonds. The molecule has 1 atom stereocenters. The molecular formula is C20H18FN3O2. The molecule has 1 aromatic carbocycles. The van der Waals surface area contributed by atoms with E-state index in [4.69, 9.17) is 0 Å². The van der Waals surface area contributed by atoms with Crippen molar-refractivity contribution in [3.8, 4) is 0 Å². The number of carbonyl (C=O) groups is 1. The summed E-state index contributed by atoms with van der Waals surface area (Å²) in [6.45, 7) is 1.20. The molecule has 0 aliphatic carbocycles. The molecule has 132 valence electrons. The first-order valence-electron chi connectivity index (χ1n) is 8.62. The minimum atomic E-state index is -0.345. The summed E-state index contributed by atoms with van der Waals surface area (Å²) in [5.74, 6) is -0.218. The summed E-state index contributed by atoms with van der Waals surface area (Å²) in [5, 5.41) is 0. The molecule has 26 heavy (non-hydrogen) atoms. The number of benzene rings is 1. The van der Waals surface area contributed by atoms with E-state index in [0.29, 0.717) is 24.7 Å². The zero-order valence-electron chi connectivity index (χ0n) is 14.1. The largest absolute Gasteiger partial charge is 0.338 e. The van der Waals surface area contributed by atoms with Crippen LogP contribution in [0.25, 0.3) is 5.65 Å². The normalized spacial score (nSPS) is 17.0. The summed E-state index contributed by atoms with van der Waals surface area (Å²) in [6.07, 6.45) is 4.64. The first kappa shape index (κ1) is 16.4. The van der Waals surface area contributed by atoms with Gasteiger partial charge in [-0.3, -0.25) is 14.0 Å². The summed E-state index contributed by atoms with van der Waals surface area (Å²) in [6, 6.07) is 11.7. The van der Waals surface area contributed by atoms with Crippen LogP contribution in [0.3, 0.4) is 0 Å². The maximum atomic E-state index is 13.0. The SMILES string of the molecule is O=C(c1cnc2ccccn2c1=O)N1CCC(Cc2ccc(F)cc2)C1. The fourth-order valence-corrected chi connectivity index (χ4v) is 3.48. The summed E-state index contributed by atoms with van der Waals surface area (Å²) >= 11 is 0. The van der Waals surface area contributed by atoms with Crippen LogP contribution >= 0.6 is 0 Å². The number of hydrogen-bond donors (Lipinski definition) is 0. The molecule has 5 nitrogen and oxygen atoms in total.